The SMILES string of the molecule is COC(=O)[C@H](C)Oc1ccc(Br)cc1C(F)(F)C1CCC1. The van der Waals surface area contributed by atoms with Gasteiger partial charge in [0.15, 0.2) is 6.10 Å². The van der Waals surface area contributed by atoms with Crippen molar-refractivity contribution in [2.45, 2.75) is 38.2 Å². The molecule has 0 spiro atoms. The van der Waals surface area contributed by atoms with Crippen LogP contribution < -0.4 is 4.74 Å². The fourth-order valence-electron chi connectivity index (χ4n) is 2.26. The van der Waals surface area contributed by atoms with Gasteiger partial charge >= 0.3 is 5.97 Å². The van der Waals surface area contributed by atoms with Gasteiger partial charge in [0, 0.05) is 10.4 Å². The predicted octanol–water partition coefficient (Wildman–Crippen LogP) is 4.28. The van der Waals surface area contributed by atoms with Gasteiger partial charge in [-0.15, -0.1) is 0 Å². The number of carbonyl (C=O) groups is 1. The minimum absolute atomic E-state index is 0.0213. The number of hydrogen-bond donors (Lipinski definition) is 0. The van der Waals surface area contributed by atoms with Crippen molar-refractivity contribution >= 4 is 21.9 Å². The molecule has 6 heteroatoms. The average molecular weight is 363 g/mol. The van der Waals surface area contributed by atoms with Crippen molar-refractivity contribution in [1.82, 2.24) is 0 Å². The van der Waals surface area contributed by atoms with Crippen LogP contribution in [0, 0.1) is 5.92 Å². The minimum Gasteiger partial charge on any atom is -0.479 e. The molecule has 1 aromatic rings. The van der Waals surface area contributed by atoms with Crippen molar-refractivity contribution in [1.29, 1.82) is 0 Å². The van der Waals surface area contributed by atoms with Gasteiger partial charge in [0.1, 0.15) is 5.75 Å². The van der Waals surface area contributed by atoms with Gasteiger partial charge < -0.3 is 9.47 Å². The normalized spacial score (nSPS) is 17.0. The number of benzene rings is 1. The highest BCUT2D eigenvalue weighted by atomic mass is 79.9. The lowest BCUT2D eigenvalue weighted by molar-refractivity contribution is -0.148. The van der Waals surface area contributed by atoms with Crippen LogP contribution in [0.3, 0.4) is 0 Å². The third-order valence-electron chi connectivity index (χ3n) is 3.76. The van der Waals surface area contributed by atoms with Crippen LogP contribution in [0.15, 0.2) is 22.7 Å². The highest BCUT2D eigenvalue weighted by Crippen LogP contribution is 2.49. The van der Waals surface area contributed by atoms with Crippen molar-refractivity contribution in [2.75, 3.05) is 7.11 Å². The molecule has 0 aliphatic heterocycles. The van der Waals surface area contributed by atoms with Crippen molar-refractivity contribution in [3.05, 3.63) is 28.2 Å². The lowest BCUT2D eigenvalue weighted by Crippen LogP contribution is -2.33. The third kappa shape index (κ3) is 3.36. The fraction of sp³-hybridized carbons (Fsp3) is 0.533. The number of rotatable bonds is 5. The highest BCUT2D eigenvalue weighted by Gasteiger charge is 2.46. The Hall–Kier alpha value is -1.17. The smallest absolute Gasteiger partial charge is 0.346 e. The maximum atomic E-state index is 14.6. The molecule has 1 atom stereocenters. The Labute approximate surface area is 130 Å². The topological polar surface area (TPSA) is 35.5 Å². The van der Waals surface area contributed by atoms with E-state index in [-0.39, 0.29) is 11.3 Å². The Balaban J connectivity index is 2.31. The maximum absolute atomic E-state index is 14.6. The van der Waals surface area contributed by atoms with Gasteiger partial charge in [0.25, 0.3) is 5.92 Å². The zero-order chi connectivity index (χ0) is 15.6. The summed E-state index contributed by atoms with van der Waals surface area (Å²) in [6.07, 6.45) is 0.896. The first-order chi connectivity index (χ1) is 9.86. The van der Waals surface area contributed by atoms with E-state index in [4.69, 9.17) is 4.74 Å². The van der Waals surface area contributed by atoms with Gasteiger partial charge in [-0.05, 0) is 38.0 Å². The molecule has 0 N–H and O–H groups in total. The lowest BCUT2D eigenvalue weighted by Gasteiger charge is -2.34. The fourth-order valence-corrected chi connectivity index (χ4v) is 2.62. The van der Waals surface area contributed by atoms with Crippen LogP contribution in [-0.4, -0.2) is 19.2 Å². The van der Waals surface area contributed by atoms with E-state index in [0.29, 0.717) is 17.3 Å². The molecule has 1 aliphatic rings. The number of ether oxygens (including phenoxy) is 2. The molecule has 21 heavy (non-hydrogen) atoms. The summed E-state index contributed by atoms with van der Waals surface area (Å²) in [5.41, 5.74) is -0.183. The molecule has 0 unspecified atom stereocenters. The molecule has 0 radical (unpaired) electrons. The first kappa shape index (κ1) is 16.2. The second kappa shape index (κ2) is 6.30. The van der Waals surface area contributed by atoms with Crippen LogP contribution in [-0.2, 0) is 15.5 Å². The summed E-state index contributed by atoms with van der Waals surface area (Å²) < 4.78 is 39.6. The zero-order valence-corrected chi connectivity index (χ0v) is 13.5. The van der Waals surface area contributed by atoms with Crippen LogP contribution in [0.2, 0.25) is 0 Å². The highest BCUT2D eigenvalue weighted by molar-refractivity contribution is 9.10. The molecule has 1 saturated carbocycles. The van der Waals surface area contributed by atoms with Crippen LogP contribution in [0.5, 0.6) is 5.75 Å². The summed E-state index contributed by atoms with van der Waals surface area (Å²) in [4.78, 5) is 11.4. The molecular formula is C15H17BrF2O3. The first-order valence-electron chi connectivity index (χ1n) is 6.78. The van der Waals surface area contributed by atoms with Gasteiger partial charge in [-0.3, -0.25) is 0 Å². The van der Waals surface area contributed by atoms with E-state index in [1.807, 2.05) is 0 Å². The van der Waals surface area contributed by atoms with Crippen LogP contribution in [0.25, 0.3) is 0 Å². The quantitative estimate of drug-likeness (QED) is 0.733. The lowest BCUT2D eigenvalue weighted by atomic mass is 9.78. The van der Waals surface area contributed by atoms with E-state index in [1.54, 1.807) is 6.07 Å². The summed E-state index contributed by atoms with van der Waals surface area (Å²) in [6, 6.07) is 4.42. The van der Waals surface area contributed by atoms with E-state index in [0.717, 1.165) is 6.42 Å². The largest absolute Gasteiger partial charge is 0.479 e. The van der Waals surface area contributed by atoms with Gasteiger partial charge in [-0.25, -0.2) is 13.6 Å². The van der Waals surface area contributed by atoms with E-state index < -0.39 is 23.9 Å². The van der Waals surface area contributed by atoms with E-state index in [1.165, 1.54) is 26.2 Å². The molecule has 2 rings (SSSR count). The van der Waals surface area contributed by atoms with E-state index in [2.05, 4.69) is 20.7 Å². The molecule has 1 fully saturated rings. The summed E-state index contributed by atoms with van der Waals surface area (Å²) in [6.45, 7) is 1.47. The average Bonchev–Trinajstić information content (AvgIpc) is 2.37. The monoisotopic (exact) mass is 362 g/mol. The molecule has 0 amide bonds. The van der Waals surface area contributed by atoms with Crippen molar-refractivity contribution < 1.29 is 23.0 Å². The summed E-state index contributed by atoms with van der Waals surface area (Å²) in [7, 11) is 1.23. The Bertz CT molecular complexity index is 530. The van der Waals surface area contributed by atoms with Crippen LogP contribution >= 0.6 is 15.9 Å². The minimum atomic E-state index is -2.97. The molecule has 0 aromatic heterocycles. The van der Waals surface area contributed by atoms with Gasteiger partial charge in [0.05, 0.1) is 12.7 Å². The number of alkyl halides is 2. The number of halogens is 3. The van der Waals surface area contributed by atoms with Gasteiger partial charge in [-0.1, -0.05) is 22.4 Å². The Morgan fingerprint density at radius 1 is 1.43 bits per heavy atom. The second-order valence-electron chi connectivity index (χ2n) is 5.17. The van der Waals surface area contributed by atoms with Gasteiger partial charge in [-0.2, -0.15) is 0 Å². The first-order valence-corrected chi connectivity index (χ1v) is 7.58. The molecule has 0 saturated heterocycles. The molecule has 0 bridgehead atoms. The predicted molar refractivity (Wildman–Crippen MR) is 77.5 cm³/mol. The summed E-state index contributed by atoms with van der Waals surface area (Å²) >= 11 is 3.21. The van der Waals surface area contributed by atoms with Crippen molar-refractivity contribution in [3.63, 3.8) is 0 Å². The Morgan fingerprint density at radius 3 is 2.62 bits per heavy atom. The maximum Gasteiger partial charge on any atom is 0.346 e. The molecule has 1 aromatic carbocycles. The van der Waals surface area contributed by atoms with E-state index in [9.17, 15) is 13.6 Å². The van der Waals surface area contributed by atoms with Crippen LogP contribution in [0.4, 0.5) is 8.78 Å². The van der Waals surface area contributed by atoms with Crippen molar-refractivity contribution in [2.24, 2.45) is 5.92 Å². The molecule has 116 valence electrons. The molecule has 0 heterocycles. The Kier molecular flexibility index (Phi) is 4.86. The van der Waals surface area contributed by atoms with E-state index >= 15 is 0 Å². The van der Waals surface area contributed by atoms with Crippen molar-refractivity contribution in [3.8, 4) is 5.75 Å². The van der Waals surface area contributed by atoms with Gasteiger partial charge in [0.2, 0.25) is 0 Å². The standard InChI is InChI=1S/C15H17BrF2O3/c1-9(14(19)20-2)21-13-7-6-11(16)8-12(13)15(17,18)10-4-3-5-10/h6-10H,3-5H2,1-2H3/t9-/m0/s1. The summed E-state index contributed by atoms with van der Waals surface area (Å²) in [5, 5.41) is 0. The molecule has 1 aliphatic carbocycles. The number of carbonyl (C=O) groups excluding carboxylic acids is 1. The second-order valence-corrected chi connectivity index (χ2v) is 6.09. The number of hydrogen-bond acceptors (Lipinski definition) is 3. The Morgan fingerprint density at radius 2 is 2.10 bits per heavy atom. The number of esters is 1. The molecular weight excluding hydrogens is 346 g/mol. The molecule has 3 nitrogen and oxygen atoms in total. The van der Waals surface area contributed by atoms with Crippen LogP contribution in [0.1, 0.15) is 31.7 Å². The summed E-state index contributed by atoms with van der Waals surface area (Å²) in [5.74, 6) is -4.21. The number of methoxy groups -OCH3 is 1. The zero-order valence-electron chi connectivity index (χ0n) is 11.9. The third-order valence-corrected chi connectivity index (χ3v) is 4.25.